The molecule has 2 aliphatic heterocycles. The van der Waals surface area contributed by atoms with Gasteiger partial charge in [-0.1, -0.05) is 35.5 Å². The van der Waals surface area contributed by atoms with Crippen molar-refractivity contribution in [3.63, 3.8) is 0 Å². The molecule has 0 aromatic heterocycles. The van der Waals surface area contributed by atoms with Crippen molar-refractivity contribution in [1.82, 2.24) is 4.90 Å². The molecular formula is C22H28N2O6S. The Kier molecular flexibility index (Phi) is 5.77. The summed E-state index contributed by atoms with van der Waals surface area (Å²) in [4.78, 5) is 32.0. The predicted octanol–water partition coefficient (Wildman–Crippen LogP) is 2.59. The van der Waals surface area contributed by atoms with E-state index in [9.17, 15) is 18.0 Å². The first kappa shape index (κ1) is 23.0. The van der Waals surface area contributed by atoms with Crippen molar-refractivity contribution in [3.05, 3.63) is 47.5 Å². The van der Waals surface area contributed by atoms with E-state index in [0.29, 0.717) is 5.71 Å². The summed E-state index contributed by atoms with van der Waals surface area (Å²) in [5, 5.41) is 2.76. The van der Waals surface area contributed by atoms with Crippen LogP contribution in [0, 0.1) is 0 Å². The number of benzene rings is 1. The molecule has 1 aromatic rings. The molecule has 2 fully saturated rings. The second-order valence-corrected chi connectivity index (χ2v) is 11.8. The number of β-lactam (4-membered cyclic amide) rings is 1. The Labute approximate surface area is 182 Å². The monoisotopic (exact) mass is 448 g/mol. The number of ether oxygens (including phenoxy) is 1. The van der Waals surface area contributed by atoms with Gasteiger partial charge in [0.15, 0.2) is 21.3 Å². The normalized spacial score (nSPS) is 25.7. The molecule has 1 aromatic carbocycles. The minimum Gasteiger partial charge on any atom is -0.458 e. The van der Waals surface area contributed by atoms with E-state index in [4.69, 9.17) is 9.57 Å². The average molecular weight is 449 g/mol. The number of hydrogen-bond acceptors (Lipinski definition) is 7. The summed E-state index contributed by atoms with van der Waals surface area (Å²) >= 11 is 0. The second kappa shape index (κ2) is 7.78. The highest BCUT2D eigenvalue weighted by Crippen LogP contribution is 2.48. The van der Waals surface area contributed by atoms with Gasteiger partial charge in [0.1, 0.15) is 17.0 Å². The third-order valence-electron chi connectivity index (χ3n) is 5.24. The number of esters is 1. The topological polar surface area (TPSA) is 102 Å². The zero-order valence-corrected chi connectivity index (χ0v) is 19.4. The summed E-state index contributed by atoms with van der Waals surface area (Å²) in [6.07, 6.45) is 1.40. The molecule has 0 saturated carbocycles. The molecule has 2 atom stereocenters. The Morgan fingerprint density at radius 3 is 2.42 bits per heavy atom. The lowest BCUT2D eigenvalue weighted by Crippen LogP contribution is -2.59. The molecule has 31 heavy (non-hydrogen) atoms. The second-order valence-electron chi connectivity index (χ2n) is 9.24. The molecular weight excluding hydrogens is 420 g/mol. The standard InChI is InChI=1S/C22H28N2O6S/c1-14(23-29-13-15-10-8-7-9-11-15)12-16-18(25)24-17(20(26)30-21(2,3)4)22(5,6)31(27,28)19(16)24/h7-12,17,19H,13H2,1-6H3/b16-12-,23-14+/t17-,19+/m0/s1. The lowest BCUT2D eigenvalue weighted by Gasteiger charge is -2.39. The Balaban J connectivity index is 1.82. The molecule has 0 spiro atoms. The van der Waals surface area contributed by atoms with Crippen molar-refractivity contribution in [3.8, 4) is 0 Å². The lowest BCUT2D eigenvalue weighted by molar-refractivity contribution is -0.166. The smallest absolute Gasteiger partial charge is 0.331 e. The van der Waals surface area contributed by atoms with Gasteiger partial charge in [0.2, 0.25) is 0 Å². The first-order valence-electron chi connectivity index (χ1n) is 9.98. The molecule has 0 aliphatic carbocycles. The molecule has 2 heterocycles. The number of rotatable bonds is 5. The van der Waals surface area contributed by atoms with Crippen molar-refractivity contribution in [2.75, 3.05) is 0 Å². The molecule has 1 amide bonds. The maximum absolute atomic E-state index is 13.2. The minimum absolute atomic E-state index is 0.0729. The summed E-state index contributed by atoms with van der Waals surface area (Å²) in [6, 6.07) is 8.23. The van der Waals surface area contributed by atoms with Gasteiger partial charge in [0, 0.05) is 0 Å². The highest BCUT2D eigenvalue weighted by molar-refractivity contribution is 7.94. The fourth-order valence-corrected chi connectivity index (χ4v) is 5.83. The minimum atomic E-state index is -3.87. The summed E-state index contributed by atoms with van der Waals surface area (Å²) < 4.78 is 30.3. The van der Waals surface area contributed by atoms with Gasteiger partial charge in [0.05, 0.1) is 11.3 Å². The van der Waals surface area contributed by atoms with E-state index in [1.54, 1.807) is 27.7 Å². The molecule has 168 valence electrons. The first-order valence-corrected chi connectivity index (χ1v) is 11.5. The molecule has 2 saturated heterocycles. The number of nitrogens with zero attached hydrogens (tertiary/aromatic N) is 2. The van der Waals surface area contributed by atoms with Crippen LogP contribution in [0.3, 0.4) is 0 Å². The number of fused-ring (bicyclic) bond motifs is 1. The number of oxime groups is 1. The van der Waals surface area contributed by atoms with Crippen molar-refractivity contribution in [2.24, 2.45) is 5.16 Å². The molecule has 3 rings (SSSR count). The van der Waals surface area contributed by atoms with Gasteiger partial charge in [-0.2, -0.15) is 0 Å². The molecule has 0 unspecified atom stereocenters. The third kappa shape index (κ3) is 4.11. The number of allylic oxidation sites excluding steroid dienone is 1. The maximum atomic E-state index is 13.2. The zero-order chi connectivity index (χ0) is 23.2. The van der Waals surface area contributed by atoms with Crippen LogP contribution in [0.4, 0.5) is 0 Å². The van der Waals surface area contributed by atoms with Crippen LogP contribution in [0.25, 0.3) is 0 Å². The van der Waals surface area contributed by atoms with Gasteiger partial charge in [-0.3, -0.25) is 4.79 Å². The highest BCUT2D eigenvalue weighted by atomic mass is 32.2. The van der Waals surface area contributed by atoms with Crippen LogP contribution in [0.5, 0.6) is 0 Å². The number of carbonyl (C=O) groups excluding carboxylic acids is 2. The van der Waals surface area contributed by atoms with Gasteiger partial charge in [-0.05, 0) is 53.2 Å². The Morgan fingerprint density at radius 1 is 1.23 bits per heavy atom. The van der Waals surface area contributed by atoms with Crippen LogP contribution < -0.4 is 0 Å². The van der Waals surface area contributed by atoms with Crippen LogP contribution >= 0.6 is 0 Å². The molecule has 8 nitrogen and oxygen atoms in total. The molecule has 0 N–H and O–H groups in total. The SMILES string of the molecule is CC(/C=C1/C(=O)N2[C@@H](C(=O)OC(C)(C)C)C(C)(C)S(=O)(=O)[C@H]12)=N\OCc1ccccc1. The zero-order valence-electron chi connectivity index (χ0n) is 18.6. The van der Waals surface area contributed by atoms with E-state index < -0.39 is 43.5 Å². The van der Waals surface area contributed by atoms with E-state index in [2.05, 4.69) is 5.16 Å². The highest BCUT2D eigenvalue weighted by Gasteiger charge is 2.70. The van der Waals surface area contributed by atoms with Crippen molar-refractivity contribution in [2.45, 2.75) is 69.9 Å². The number of amides is 1. The van der Waals surface area contributed by atoms with Crippen molar-refractivity contribution >= 4 is 27.4 Å². The van der Waals surface area contributed by atoms with Crippen molar-refractivity contribution < 1.29 is 27.6 Å². The third-order valence-corrected chi connectivity index (χ3v) is 8.00. The van der Waals surface area contributed by atoms with E-state index >= 15 is 0 Å². The predicted molar refractivity (Wildman–Crippen MR) is 116 cm³/mol. The van der Waals surface area contributed by atoms with Crippen LogP contribution in [0.2, 0.25) is 0 Å². The van der Waals surface area contributed by atoms with E-state index in [-0.39, 0.29) is 12.2 Å². The number of sulfone groups is 1. The summed E-state index contributed by atoms with van der Waals surface area (Å²) in [6.45, 7) is 9.84. The Hall–Kier alpha value is -2.68. The van der Waals surface area contributed by atoms with E-state index in [0.717, 1.165) is 10.5 Å². The summed E-state index contributed by atoms with van der Waals surface area (Å²) in [5.41, 5.74) is 0.551. The largest absolute Gasteiger partial charge is 0.458 e. The van der Waals surface area contributed by atoms with Gasteiger partial charge < -0.3 is 14.5 Å². The Morgan fingerprint density at radius 2 is 1.84 bits per heavy atom. The number of hydrogen-bond donors (Lipinski definition) is 0. The molecule has 9 heteroatoms. The Bertz CT molecular complexity index is 1050. The van der Waals surface area contributed by atoms with Crippen LogP contribution in [0.15, 0.2) is 47.1 Å². The fraction of sp³-hybridized carbons (Fsp3) is 0.500. The summed E-state index contributed by atoms with van der Waals surface area (Å²) in [5.74, 6) is -1.25. The lowest BCUT2D eigenvalue weighted by atomic mass is 9.95. The van der Waals surface area contributed by atoms with Crippen LogP contribution in [-0.2, 0) is 35.6 Å². The van der Waals surface area contributed by atoms with Crippen molar-refractivity contribution in [1.29, 1.82) is 0 Å². The molecule has 2 aliphatic rings. The molecule has 0 bridgehead atoms. The fourth-order valence-electron chi connectivity index (χ4n) is 3.71. The van der Waals surface area contributed by atoms with E-state index in [1.807, 2.05) is 30.3 Å². The van der Waals surface area contributed by atoms with Crippen LogP contribution in [-0.4, -0.2) is 52.7 Å². The van der Waals surface area contributed by atoms with Gasteiger partial charge >= 0.3 is 5.97 Å². The first-order chi connectivity index (χ1) is 14.3. The average Bonchev–Trinajstić information content (AvgIpc) is 2.79. The van der Waals surface area contributed by atoms with E-state index in [1.165, 1.54) is 19.9 Å². The summed E-state index contributed by atoms with van der Waals surface area (Å²) in [7, 11) is -3.87. The molecule has 0 radical (unpaired) electrons. The quantitative estimate of drug-likeness (QED) is 0.226. The van der Waals surface area contributed by atoms with Gasteiger partial charge in [-0.25, -0.2) is 13.2 Å². The van der Waals surface area contributed by atoms with Crippen LogP contribution in [0.1, 0.15) is 47.1 Å². The number of carbonyl (C=O) groups is 2. The van der Waals surface area contributed by atoms with Gasteiger partial charge in [-0.15, -0.1) is 0 Å². The van der Waals surface area contributed by atoms with Gasteiger partial charge in [0.25, 0.3) is 5.91 Å². The maximum Gasteiger partial charge on any atom is 0.331 e.